The molecule has 0 atom stereocenters. The number of carbonyl (C=O) groups is 1. The number of hydrogen-bond donors (Lipinski definition) is 2. The molecule has 1 aromatic carbocycles. The number of carbonyl (C=O) groups excluding carboxylic acids is 1. The van der Waals surface area contributed by atoms with Crippen LogP contribution in [0.15, 0.2) is 18.2 Å². The van der Waals surface area contributed by atoms with Crippen molar-refractivity contribution in [2.75, 3.05) is 11.1 Å². The number of hydrogen-bond acceptors (Lipinski definition) is 2. The summed E-state index contributed by atoms with van der Waals surface area (Å²) in [6.45, 7) is 2.21. The first-order valence-corrected chi connectivity index (χ1v) is 6.42. The molecule has 2 rings (SSSR count). The Morgan fingerprint density at radius 1 is 1.33 bits per heavy atom. The summed E-state index contributed by atoms with van der Waals surface area (Å²) >= 11 is 0. The molecular formula is C14H19FN2O. The first-order valence-electron chi connectivity index (χ1n) is 6.42. The zero-order valence-corrected chi connectivity index (χ0v) is 10.6. The van der Waals surface area contributed by atoms with Crippen molar-refractivity contribution >= 4 is 17.3 Å². The number of nitrogen functional groups attached to an aromatic ring is 1. The predicted molar refractivity (Wildman–Crippen MR) is 70.6 cm³/mol. The summed E-state index contributed by atoms with van der Waals surface area (Å²) in [7, 11) is 0. The van der Waals surface area contributed by atoms with Crippen LogP contribution in [-0.2, 0) is 4.79 Å². The lowest BCUT2D eigenvalue weighted by Crippen LogP contribution is -2.27. The Bertz CT molecular complexity index is 439. The number of amides is 1. The van der Waals surface area contributed by atoms with Crippen LogP contribution in [0.1, 0.15) is 32.6 Å². The molecule has 0 aromatic heterocycles. The minimum atomic E-state index is -0.392. The second kappa shape index (κ2) is 5.38. The van der Waals surface area contributed by atoms with Crippen LogP contribution in [0.2, 0.25) is 0 Å². The van der Waals surface area contributed by atoms with Crippen LogP contribution in [0, 0.1) is 17.7 Å². The van der Waals surface area contributed by atoms with Gasteiger partial charge in [0, 0.05) is 5.92 Å². The molecule has 1 aliphatic carbocycles. The topological polar surface area (TPSA) is 55.1 Å². The Morgan fingerprint density at radius 2 is 2.00 bits per heavy atom. The van der Waals surface area contributed by atoms with Gasteiger partial charge in [-0.2, -0.15) is 0 Å². The lowest BCUT2D eigenvalue weighted by Gasteiger charge is -2.25. The molecular weight excluding hydrogens is 231 g/mol. The molecule has 1 aromatic rings. The van der Waals surface area contributed by atoms with E-state index < -0.39 is 5.82 Å². The summed E-state index contributed by atoms with van der Waals surface area (Å²) in [6.07, 6.45) is 3.97. The molecule has 3 N–H and O–H groups in total. The average molecular weight is 250 g/mol. The minimum Gasteiger partial charge on any atom is -0.397 e. The fourth-order valence-electron chi connectivity index (χ4n) is 2.39. The zero-order chi connectivity index (χ0) is 13.1. The van der Waals surface area contributed by atoms with Crippen molar-refractivity contribution in [2.24, 2.45) is 11.8 Å². The van der Waals surface area contributed by atoms with Crippen molar-refractivity contribution < 1.29 is 9.18 Å². The van der Waals surface area contributed by atoms with Crippen molar-refractivity contribution in [2.45, 2.75) is 32.6 Å². The van der Waals surface area contributed by atoms with Gasteiger partial charge in [0.25, 0.3) is 0 Å². The molecule has 1 fully saturated rings. The quantitative estimate of drug-likeness (QED) is 0.792. The molecule has 0 aliphatic heterocycles. The Hall–Kier alpha value is -1.58. The van der Waals surface area contributed by atoms with Crippen LogP contribution in [0.3, 0.4) is 0 Å². The maximum absolute atomic E-state index is 13.1. The zero-order valence-electron chi connectivity index (χ0n) is 10.6. The van der Waals surface area contributed by atoms with Crippen molar-refractivity contribution in [1.29, 1.82) is 0 Å². The lowest BCUT2D eigenvalue weighted by molar-refractivity contribution is -0.121. The highest BCUT2D eigenvalue weighted by Crippen LogP contribution is 2.30. The Kier molecular flexibility index (Phi) is 3.84. The van der Waals surface area contributed by atoms with Gasteiger partial charge >= 0.3 is 0 Å². The van der Waals surface area contributed by atoms with Crippen molar-refractivity contribution in [3.05, 3.63) is 24.0 Å². The predicted octanol–water partition coefficient (Wildman–Crippen LogP) is 3.17. The summed E-state index contributed by atoms with van der Waals surface area (Å²) in [5.41, 5.74) is 6.48. The third-order valence-corrected chi connectivity index (χ3v) is 3.66. The average Bonchev–Trinajstić information content (AvgIpc) is 2.34. The van der Waals surface area contributed by atoms with E-state index in [0.717, 1.165) is 25.7 Å². The van der Waals surface area contributed by atoms with Gasteiger partial charge in [0.05, 0.1) is 11.4 Å². The molecule has 0 radical (unpaired) electrons. The second-order valence-corrected chi connectivity index (χ2v) is 5.18. The summed E-state index contributed by atoms with van der Waals surface area (Å²) < 4.78 is 13.1. The highest BCUT2D eigenvalue weighted by atomic mass is 19.1. The van der Waals surface area contributed by atoms with Gasteiger partial charge < -0.3 is 11.1 Å². The van der Waals surface area contributed by atoms with E-state index in [1.165, 1.54) is 18.2 Å². The third-order valence-electron chi connectivity index (χ3n) is 3.66. The summed E-state index contributed by atoms with van der Waals surface area (Å²) in [5.74, 6) is 0.299. The smallest absolute Gasteiger partial charge is 0.227 e. The van der Waals surface area contributed by atoms with E-state index >= 15 is 0 Å². The standard InChI is InChI=1S/C14H19FN2O/c1-9-2-4-10(5-3-9)14(18)17-13-8-11(15)6-7-12(13)16/h6-10H,2-5,16H2,1H3,(H,17,18). The molecule has 1 aliphatic rings. The van der Waals surface area contributed by atoms with Crippen LogP contribution in [0.4, 0.5) is 15.8 Å². The van der Waals surface area contributed by atoms with E-state index in [4.69, 9.17) is 5.73 Å². The van der Waals surface area contributed by atoms with Crippen LogP contribution in [0.5, 0.6) is 0 Å². The fourth-order valence-corrected chi connectivity index (χ4v) is 2.39. The largest absolute Gasteiger partial charge is 0.397 e. The Labute approximate surface area is 107 Å². The minimum absolute atomic E-state index is 0.0314. The maximum Gasteiger partial charge on any atom is 0.227 e. The molecule has 0 bridgehead atoms. The van der Waals surface area contributed by atoms with Crippen molar-refractivity contribution in [1.82, 2.24) is 0 Å². The van der Waals surface area contributed by atoms with Gasteiger partial charge in [0.2, 0.25) is 5.91 Å². The van der Waals surface area contributed by atoms with Gasteiger partial charge in [-0.05, 0) is 49.8 Å². The van der Waals surface area contributed by atoms with E-state index in [9.17, 15) is 9.18 Å². The summed E-state index contributed by atoms with van der Waals surface area (Å²) in [6, 6.07) is 4.01. The molecule has 1 amide bonds. The Morgan fingerprint density at radius 3 is 2.67 bits per heavy atom. The van der Waals surface area contributed by atoms with Crippen LogP contribution >= 0.6 is 0 Å². The van der Waals surface area contributed by atoms with Crippen LogP contribution in [-0.4, -0.2) is 5.91 Å². The molecule has 0 unspecified atom stereocenters. The fraction of sp³-hybridized carbons (Fsp3) is 0.500. The molecule has 3 nitrogen and oxygen atoms in total. The number of rotatable bonds is 2. The monoisotopic (exact) mass is 250 g/mol. The van der Waals surface area contributed by atoms with Gasteiger partial charge in [-0.3, -0.25) is 4.79 Å². The molecule has 98 valence electrons. The van der Waals surface area contributed by atoms with Gasteiger partial charge in [-0.1, -0.05) is 6.92 Å². The SMILES string of the molecule is CC1CCC(C(=O)Nc2cc(F)ccc2N)CC1. The van der Waals surface area contributed by atoms with Gasteiger partial charge in [-0.15, -0.1) is 0 Å². The summed E-state index contributed by atoms with van der Waals surface area (Å²) in [5, 5.41) is 2.73. The third kappa shape index (κ3) is 3.00. The summed E-state index contributed by atoms with van der Waals surface area (Å²) in [4.78, 5) is 12.0. The van der Waals surface area contributed by atoms with E-state index in [-0.39, 0.29) is 11.8 Å². The number of nitrogens with one attached hydrogen (secondary N) is 1. The normalized spacial score (nSPS) is 23.7. The number of anilines is 2. The van der Waals surface area contributed by atoms with Crippen molar-refractivity contribution in [3.8, 4) is 0 Å². The maximum atomic E-state index is 13.1. The highest BCUT2D eigenvalue weighted by Gasteiger charge is 2.24. The van der Waals surface area contributed by atoms with Crippen LogP contribution < -0.4 is 11.1 Å². The molecule has 4 heteroatoms. The molecule has 0 saturated heterocycles. The number of halogens is 1. The molecule has 18 heavy (non-hydrogen) atoms. The van der Waals surface area contributed by atoms with Gasteiger partial charge in [0.15, 0.2) is 0 Å². The second-order valence-electron chi connectivity index (χ2n) is 5.18. The highest BCUT2D eigenvalue weighted by molar-refractivity contribution is 5.95. The first kappa shape index (κ1) is 12.9. The first-order chi connectivity index (χ1) is 8.56. The number of benzene rings is 1. The van der Waals surface area contributed by atoms with E-state index in [1.807, 2.05) is 0 Å². The molecule has 0 spiro atoms. The van der Waals surface area contributed by atoms with E-state index in [1.54, 1.807) is 0 Å². The van der Waals surface area contributed by atoms with Crippen molar-refractivity contribution in [3.63, 3.8) is 0 Å². The van der Waals surface area contributed by atoms with E-state index in [2.05, 4.69) is 12.2 Å². The van der Waals surface area contributed by atoms with Gasteiger partial charge in [-0.25, -0.2) is 4.39 Å². The van der Waals surface area contributed by atoms with Crippen LogP contribution in [0.25, 0.3) is 0 Å². The number of nitrogens with two attached hydrogens (primary N) is 1. The molecule has 1 saturated carbocycles. The lowest BCUT2D eigenvalue weighted by atomic mass is 9.82. The Balaban J connectivity index is 2.00. The molecule has 0 heterocycles. The van der Waals surface area contributed by atoms with Gasteiger partial charge in [0.1, 0.15) is 5.82 Å². The van der Waals surface area contributed by atoms with E-state index in [0.29, 0.717) is 17.3 Å².